The second-order valence-electron chi connectivity index (χ2n) is 4.71. The van der Waals surface area contributed by atoms with Crippen LogP contribution in [0.25, 0.3) is 0 Å². The van der Waals surface area contributed by atoms with Gasteiger partial charge in [0, 0.05) is 13.0 Å². The second kappa shape index (κ2) is 4.93. The molecule has 1 aromatic heterocycles. The smallest absolute Gasteiger partial charge is 0.255 e. The number of nitrogens with two attached hydrogens (primary N) is 1. The van der Waals surface area contributed by atoms with Crippen LogP contribution in [0.15, 0.2) is 4.52 Å². The molecule has 5 heteroatoms. The lowest BCUT2D eigenvalue weighted by atomic mass is 10.1. The molecule has 2 atom stereocenters. The standard InChI is InChI=1S/C11H19N3O2/c1-7(2)5-10-13-11(16-14-10)9-4-3-8(6-12)15-9/h7-9H,3-6,12H2,1-2H3/t8-,9+/m0/s1. The molecule has 0 saturated carbocycles. The molecule has 1 aliphatic heterocycles. The lowest BCUT2D eigenvalue weighted by Gasteiger charge is -2.07. The summed E-state index contributed by atoms with van der Waals surface area (Å²) >= 11 is 0. The molecular formula is C11H19N3O2. The van der Waals surface area contributed by atoms with Crippen molar-refractivity contribution in [1.29, 1.82) is 0 Å². The van der Waals surface area contributed by atoms with Gasteiger partial charge in [-0.2, -0.15) is 4.98 Å². The zero-order valence-electron chi connectivity index (χ0n) is 9.85. The Kier molecular flexibility index (Phi) is 3.56. The minimum absolute atomic E-state index is 0.0537. The summed E-state index contributed by atoms with van der Waals surface area (Å²) in [5.74, 6) is 1.91. The Morgan fingerprint density at radius 1 is 1.44 bits per heavy atom. The topological polar surface area (TPSA) is 74.2 Å². The van der Waals surface area contributed by atoms with Gasteiger partial charge in [0.15, 0.2) is 5.82 Å². The highest BCUT2D eigenvalue weighted by Crippen LogP contribution is 2.31. The number of hydrogen-bond donors (Lipinski definition) is 1. The fourth-order valence-electron chi connectivity index (χ4n) is 1.91. The van der Waals surface area contributed by atoms with E-state index < -0.39 is 0 Å². The first-order valence-corrected chi connectivity index (χ1v) is 5.87. The van der Waals surface area contributed by atoms with Gasteiger partial charge in [-0.25, -0.2) is 0 Å². The van der Waals surface area contributed by atoms with E-state index in [0.717, 1.165) is 25.1 Å². The van der Waals surface area contributed by atoms with Crippen LogP contribution in [0.4, 0.5) is 0 Å². The second-order valence-corrected chi connectivity index (χ2v) is 4.71. The number of hydrogen-bond acceptors (Lipinski definition) is 5. The molecule has 0 unspecified atom stereocenters. The Bertz CT molecular complexity index is 338. The molecule has 16 heavy (non-hydrogen) atoms. The monoisotopic (exact) mass is 225 g/mol. The van der Waals surface area contributed by atoms with Gasteiger partial charge in [-0.15, -0.1) is 0 Å². The van der Waals surface area contributed by atoms with E-state index in [-0.39, 0.29) is 12.2 Å². The molecular weight excluding hydrogens is 206 g/mol. The van der Waals surface area contributed by atoms with E-state index in [1.54, 1.807) is 0 Å². The summed E-state index contributed by atoms with van der Waals surface area (Å²) in [6.07, 6.45) is 2.83. The fourth-order valence-corrected chi connectivity index (χ4v) is 1.91. The van der Waals surface area contributed by atoms with Crippen molar-refractivity contribution >= 4 is 0 Å². The Morgan fingerprint density at radius 3 is 2.88 bits per heavy atom. The van der Waals surface area contributed by atoms with Gasteiger partial charge in [-0.3, -0.25) is 0 Å². The molecule has 1 aromatic rings. The predicted molar refractivity (Wildman–Crippen MR) is 58.7 cm³/mol. The number of nitrogens with zero attached hydrogens (tertiary/aromatic N) is 2. The Morgan fingerprint density at radius 2 is 2.25 bits per heavy atom. The lowest BCUT2D eigenvalue weighted by Crippen LogP contribution is -2.18. The highest BCUT2D eigenvalue weighted by molar-refractivity contribution is 4.94. The van der Waals surface area contributed by atoms with E-state index in [4.69, 9.17) is 15.0 Å². The molecule has 0 aromatic carbocycles. The van der Waals surface area contributed by atoms with Crippen LogP contribution in [0.1, 0.15) is 44.5 Å². The van der Waals surface area contributed by atoms with E-state index >= 15 is 0 Å². The van der Waals surface area contributed by atoms with Crippen LogP contribution in [0.2, 0.25) is 0 Å². The first kappa shape index (κ1) is 11.5. The van der Waals surface area contributed by atoms with Gasteiger partial charge < -0.3 is 15.0 Å². The van der Waals surface area contributed by atoms with Gasteiger partial charge >= 0.3 is 0 Å². The van der Waals surface area contributed by atoms with Crippen LogP contribution in [0.5, 0.6) is 0 Å². The SMILES string of the molecule is CC(C)Cc1noc([C@H]2CC[C@@H](CN)O2)n1. The van der Waals surface area contributed by atoms with Crippen molar-refractivity contribution in [2.75, 3.05) is 6.54 Å². The molecule has 0 amide bonds. The van der Waals surface area contributed by atoms with Crippen molar-refractivity contribution in [3.05, 3.63) is 11.7 Å². The van der Waals surface area contributed by atoms with Crippen molar-refractivity contribution in [2.24, 2.45) is 11.7 Å². The van der Waals surface area contributed by atoms with Crippen LogP contribution in [0.3, 0.4) is 0 Å². The van der Waals surface area contributed by atoms with Gasteiger partial charge in [0.25, 0.3) is 5.89 Å². The first-order chi connectivity index (χ1) is 7.69. The highest BCUT2D eigenvalue weighted by atomic mass is 16.5. The summed E-state index contributed by atoms with van der Waals surface area (Å²) in [6.45, 7) is 4.82. The average molecular weight is 225 g/mol. The zero-order valence-corrected chi connectivity index (χ0v) is 9.85. The van der Waals surface area contributed by atoms with Crippen LogP contribution >= 0.6 is 0 Å². The molecule has 1 aliphatic rings. The number of rotatable bonds is 4. The summed E-state index contributed by atoms with van der Waals surface area (Å²) < 4.78 is 10.9. The molecule has 5 nitrogen and oxygen atoms in total. The van der Waals surface area contributed by atoms with E-state index in [2.05, 4.69) is 24.0 Å². The van der Waals surface area contributed by atoms with Crippen molar-refractivity contribution in [3.63, 3.8) is 0 Å². The normalized spacial score (nSPS) is 25.5. The summed E-state index contributed by atoms with van der Waals surface area (Å²) in [5, 5.41) is 3.95. The summed E-state index contributed by atoms with van der Waals surface area (Å²) in [6, 6.07) is 0. The van der Waals surface area contributed by atoms with E-state index in [1.165, 1.54) is 0 Å². The molecule has 90 valence electrons. The summed E-state index contributed by atoms with van der Waals surface area (Å²) in [5.41, 5.74) is 5.55. The van der Waals surface area contributed by atoms with Crippen LogP contribution < -0.4 is 5.73 Å². The minimum Gasteiger partial charge on any atom is -0.364 e. The molecule has 0 spiro atoms. The quantitative estimate of drug-likeness (QED) is 0.839. The maximum atomic E-state index is 5.69. The van der Waals surface area contributed by atoms with Crippen LogP contribution in [0, 0.1) is 5.92 Å². The third-order valence-corrected chi connectivity index (χ3v) is 2.72. The molecule has 0 bridgehead atoms. The molecule has 2 heterocycles. The largest absolute Gasteiger partial charge is 0.364 e. The molecule has 0 aliphatic carbocycles. The van der Waals surface area contributed by atoms with Crippen molar-refractivity contribution in [3.8, 4) is 0 Å². The van der Waals surface area contributed by atoms with Crippen molar-refractivity contribution < 1.29 is 9.26 Å². The number of aromatic nitrogens is 2. The Labute approximate surface area is 95.3 Å². The molecule has 2 rings (SSSR count). The predicted octanol–water partition coefficient (Wildman–Crippen LogP) is 1.45. The van der Waals surface area contributed by atoms with E-state index in [1.807, 2.05) is 0 Å². The van der Waals surface area contributed by atoms with Gasteiger partial charge in [0.05, 0.1) is 6.10 Å². The number of ether oxygens (including phenoxy) is 1. The Hall–Kier alpha value is -0.940. The summed E-state index contributed by atoms with van der Waals surface area (Å²) in [4.78, 5) is 4.36. The van der Waals surface area contributed by atoms with E-state index in [0.29, 0.717) is 18.4 Å². The van der Waals surface area contributed by atoms with E-state index in [9.17, 15) is 0 Å². The fraction of sp³-hybridized carbons (Fsp3) is 0.818. The maximum Gasteiger partial charge on any atom is 0.255 e. The molecule has 2 N–H and O–H groups in total. The van der Waals surface area contributed by atoms with Gasteiger partial charge in [0.2, 0.25) is 0 Å². The van der Waals surface area contributed by atoms with Gasteiger partial charge in [-0.05, 0) is 18.8 Å². The summed E-state index contributed by atoms with van der Waals surface area (Å²) in [7, 11) is 0. The lowest BCUT2D eigenvalue weighted by molar-refractivity contribution is 0.0307. The van der Waals surface area contributed by atoms with Gasteiger partial charge in [-0.1, -0.05) is 19.0 Å². The zero-order chi connectivity index (χ0) is 11.5. The maximum absolute atomic E-state index is 5.69. The Balaban J connectivity index is 1.97. The highest BCUT2D eigenvalue weighted by Gasteiger charge is 2.29. The van der Waals surface area contributed by atoms with Crippen LogP contribution in [-0.4, -0.2) is 22.8 Å². The molecule has 0 radical (unpaired) electrons. The van der Waals surface area contributed by atoms with Crippen LogP contribution in [-0.2, 0) is 11.2 Å². The van der Waals surface area contributed by atoms with Crippen molar-refractivity contribution in [1.82, 2.24) is 10.1 Å². The third kappa shape index (κ3) is 2.59. The molecule has 1 fully saturated rings. The van der Waals surface area contributed by atoms with Gasteiger partial charge in [0.1, 0.15) is 6.10 Å². The minimum atomic E-state index is -0.0537. The third-order valence-electron chi connectivity index (χ3n) is 2.72. The molecule has 1 saturated heterocycles. The average Bonchev–Trinajstić information content (AvgIpc) is 2.83. The first-order valence-electron chi connectivity index (χ1n) is 5.87. The van der Waals surface area contributed by atoms with Crippen molar-refractivity contribution in [2.45, 2.75) is 45.3 Å².